The van der Waals surface area contributed by atoms with E-state index in [1.807, 2.05) is 39.0 Å². The Hall–Kier alpha value is -1.11. The van der Waals surface area contributed by atoms with Crippen molar-refractivity contribution in [3.8, 4) is 0 Å². The summed E-state index contributed by atoms with van der Waals surface area (Å²) in [7, 11) is -3.34. The first-order chi connectivity index (χ1) is 9.86. The van der Waals surface area contributed by atoms with Gasteiger partial charge in [0.25, 0.3) is 0 Å². The lowest BCUT2D eigenvalue weighted by molar-refractivity contribution is 0.0906. The summed E-state index contributed by atoms with van der Waals surface area (Å²) in [6.45, 7) is 6.75. The van der Waals surface area contributed by atoms with Crippen LogP contribution in [0.1, 0.15) is 32.8 Å². The molecule has 0 aromatic heterocycles. The van der Waals surface area contributed by atoms with Gasteiger partial charge in [-0.3, -0.25) is 0 Å². The largest absolute Gasteiger partial charge is 0.398 e. The Kier molecular flexibility index (Phi) is 7.14. The van der Waals surface area contributed by atoms with Crippen molar-refractivity contribution in [1.29, 1.82) is 0 Å². The van der Waals surface area contributed by atoms with Crippen LogP contribution in [-0.2, 0) is 21.3 Å². The molecule has 21 heavy (non-hydrogen) atoms. The first-order valence-corrected chi connectivity index (χ1v) is 8.90. The van der Waals surface area contributed by atoms with E-state index in [1.54, 1.807) is 6.07 Å². The standard InChI is InChI=1S/C15H26N2O3S/c1-4-9-17(12-14-7-5-6-8-15(14)16)21(18,19)11-10-20-13(2)3/h5-8,13H,4,9-12,16H2,1-3H3. The monoisotopic (exact) mass is 314 g/mol. The second-order valence-corrected chi connectivity index (χ2v) is 7.36. The molecular formula is C15H26N2O3S. The summed E-state index contributed by atoms with van der Waals surface area (Å²) >= 11 is 0. The molecule has 0 spiro atoms. The molecule has 0 atom stereocenters. The molecule has 0 aliphatic carbocycles. The fraction of sp³-hybridized carbons (Fsp3) is 0.600. The van der Waals surface area contributed by atoms with Crippen molar-refractivity contribution in [2.24, 2.45) is 0 Å². The van der Waals surface area contributed by atoms with Crippen LogP contribution in [0.3, 0.4) is 0 Å². The number of nitrogen functional groups attached to an aromatic ring is 1. The van der Waals surface area contributed by atoms with Crippen LogP contribution in [0.4, 0.5) is 5.69 Å². The van der Waals surface area contributed by atoms with Gasteiger partial charge in [0.1, 0.15) is 0 Å². The predicted molar refractivity (Wildman–Crippen MR) is 86.4 cm³/mol. The molecule has 0 unspecified atom stereocenters. The maximum absolute atomic E-state index is 12.4. The third-order valence-corrected chi connectivity index (χ3v) is 4.84. The second kappa shape index (κ2) is 8.36. The molecule has 0 fully saturated rings. The van der Waals surface area contributed by atoms with E-state index in [0.29, 0.717) is 18.8 Å². The summed E-state index contributed by atoms with van der Waals surface area (Å²) < 4.78 is 31.7. The summed E-state index contributed by atoms with van der Waals surface area (Å²) in [5.41, 5.74) is 7.35. The van der Waals surface area contributed by atoms with Gasteiger partial charge in [-0.05, 0) is 31.9 Å². The molecule has 0 radical (unpaired) electrons. The summed E-state index contributed by atoms with van der Waals surface area (Å²) in [6.07, 6.45) is 0.793. The van der Waals surface area contributed by atoms with Crippen molar-refractivity contribution in [2.75, 3.05) is 24.6 Å². The molecule has 6 heteroatoms. The number of para-hydroxylation sites is 1. The van der Waals surface area contributed by atoms with E-state index >= 15 is 0 Å². The second-order valence-electron chi connectivity index (χ2n) is 5.27. The fourth-order valence-corrected chi connectivity index (χ4v) is 3.31. The maximum Gasteiger partial charge on any atom is 0.216 e. The normalized spacial score (nSPS) is 12.2. The predicted octanol–water partition coefficient (Wildman–Crippen LogP) is 2.24. The zero-order valence-electron chi connectivity index (χ0n) is 13.1. The van der Waals surface area contributed by atoms with E-state index in [1.165, 1.54) is 4.31 Å². The lowest BCUT2D eigenvalue weighted by atomic mass is 10.2. The Morgan fingerprint density at radius 2 is 1.95 bits per heavy atom. The van der Waals surface area contributed by atoms with Crippen molar-refractivity contribution < 1.29 is 13.2 Å². The topological polar surface area (TPSA) is 72.6 Å². The van der Waals surface area contributed by atoms with Gasteiger partial charge in [0.15, 0.2) is 0 Å². The van der Waals surface area contributed by atoms with E-state index in [-0.39, 0.29) is 18.5 Å². The van der Waals surface area contributed by atoms with E-state index in [9.17, 15) is 8.42 Å². The van der Waals surface area contributed by atoms with Crippen LogP contribution in [-0.4, -0.2) is 37.7 Å². The van der Waals surface area contributed by atoms with E-state index in [4.69, 9.17) is 10.5 Å². The van der Waals surface area contributed by atoms with E-state index in [0.717, 1.165) is 12.0 Å². The van der Waals surface area contributed by atoms with Gasteiger partial charge in [-0.25, -0.2) is 8.42 Å². The van der Waals surface area contributed by atoms with Crippen molar-refractivity contribution in [3.63, 3.8) is 0 Å². The SMILES string of the molecule is CCCN(Cc1ccccc1N)S(=O)(=O)CCOC(C)C. The Morgan fingerprint density at radius 1 is 1.29 bits per heavy atom. The highest BCUT2D eigenvalue weighted by Crippen LogP contribution is 2.16. The van der Waals surface area contributed by atoms with Crippen molar-refractivity contribution in [3.05, 3.63) is 29.8 Å². The molecule has 0 aliphatic heterocycles. The van der Waals surface area contributed by atoms with Crippen LogP contribution in [0.15, 0.2) is 24.3 Å². The lowest BCUT2D eigenvalue weighted by Gasteiger charge is -2.22. The molecule has 1 rings (SSSR count). The van der Waals surface area contributed by atoms with Crippen LogP contribution in [0.25, 0.3) is 0 Å². The summed E-state index contributed by atoms with van der Waals surface area (Å²) in [6, 6.07) is 7.35. The van der Waals surface area contributed by atoms with Crippen molar-refractivity contribution in [1.82, 2.24) is 4.31 Å². The molecule has 0 amide bonds. The smallest absolute Gasteiger partial charge is 0.216 e. The van der Waals surface area contributed by atoms with Crippen LogP contribution in [0, 0.1) is 0 Å². The molecule has 5 nitrogen and oxygen atoms in total. The lowest BCUT2D eigenvalue weighted by Crippen LogP contribution is -2.35. The summed E-state index contributed by atoms with van der Waals surface area (Å²) in [4.78, 5) is 0. The van der Waals surface area contributed by atoms with Gasteiger partial charge in [-0.15, -0.1) is 0 Å². The minimum Gasteiger partial charge on any atom is -0.398 e. The number of hydrogen-bond donors (Lipinski definition) is 1. The highest BCUT2D eigenvalue weighted by atomic mass is 32.2. The number of rotatable bonds is 9. The number of nitrogens with two attached hydrogens (primary N) is 1. The Morgan fingerprint density at radius 3 is 2.52 bits per heavy atom. The molecule has 0 heterocycles. The molecule has 120 valence electrons. The number of benzene rings is 1. The van der Waals surface area contributed by atoms with Crippen molar-refractivity contribution in [2.45, 2.75) is 39.8 Å². The highest BCUT2D eigenvalue weighted by Gasteiger charge is 2.22. The van der Waals surface area contributed by atoms with Crippen molar-refractivity contribution >= 4 is 15.7 Å². The van der Waals surface area contributed by atoms with E-state index < -0.39 is 10.0 Å². The van der Waals surface area contributed by atoms with Gasteiger partial charge in [-0.2, -0.15) is 4.31 Å². The van der Waals surface area contributed by atoms with Crippen LogP contribution < -0.4 is 5.73 Å². The van der Waals surface area contributed by atoms with Gasteiger partial charge >= 0.3 is 0 Å². The quantitative estimate of drug-likeness (QED) is 0.709. The third-order valence-electron chi connectivity index (χ3n) is 3.06. The number of nitrogens with zero attached hydrogens (tertiary/aromatic N) is 1. The van der Waals surface area contributed by atoms with Gasteiger partial charge in [0.2, 0.25) is 10.0 Å². The zero-order valence-corrected chi connectivity index (χ0v) is 13.9. The van der Waals surface area contributed by atoms with Gasteiger partial charge in [0, 0.05) is 18.8 Å². The van der Waals surface area contributed by atoms with Crippen LogP contribution in [0.5, 0.6) is 0 Å². The Balaban J connectivity index is 2.78. The minimum absolute atomic E-state index is 0.00207. The fourth-order valence-electron chi connectivity index (χ4n) is 1.95. The zero-order chi connectivity index (χ0) is 15.9. The average molecular weight is 314 g/mol. The minimum atomic E-state index is -3.34. The van der Waals surface area contributed by atoms with Crippen LogP contribution in [0.2, 0.25) is 0 Å². The third kappa shape index (κ3) is 6.03. The van der Waals surface area contributed by atoms with E-state index in [2.05, 4.69) is 0 Å². The molecule has 2 N–H and O–H groups in total. The first-order valence-electron chi connectivity index (χ1n) is 7.29. The first kappa shape index (κ1) is 17.9. The Bertz CT molecular complexity index is 529. The Labute approximate surface area is 128 Å². The summed E-state index contributed by atoms with van der Waals surface area (Å²) in [5.74, 6) is -0.00207. The van der Waals surface area contributed by atoms with Gasteiger partial charge in [0.05, 0.1) is 18.5 Å². The molecule has 0 saturated heterocycles. The van der Waals surface area contributed by atoms with Gasteiger partial charge in [-0.1, -0.05) is 25.1 Å². The molecule has 1 aromatic carbocycles. The highest BCUT2D eigenvalue weighted by molar-refractivity contribution is 7.89. The number of hydrogen-bond acceptors (Lipinski definition) is 4. The maximum atomic E-state index is 12.4. The molecule has 0 saturated carbocycles. The van der Waals surface area contributed by atoms with Gasteiger partial charge < -0.3 is 10.5 Å². The summed E-state index contributed by atoms with van der Waals surface area (Å²) in [5, 5.41) is 0. The van der Waals surface area contributed by atoms with Crippen LogP contribution >= 0.6 is 0 Å². The number of sulfonamides is 1. The molecule has 0 aliphatic rings. The molecule has 1 aromatic rings. The number of anilines is 1. The number of ether oxygens (including phenoxy) is 1. The molecular weight excluding hydrogens is 288 g/mol. The molecule has 0 bridgehead atoms. The average Bonchev–Trinajstić information content (AvgIpc) is 2.40.